The third-order valence-corrected chi connectivity index (χ3v) is 4.62. The minimum Gasteiger partial charge on any atom is -0.494 e. The van der Waals surface area contributed by atoms with Crippen molar-refractivity contribution in [1.82, 2.24) is 35.8 Å². The smallest absolute Gasteiger partial charge is 0.423 e. The van der Waals surface area contributed by atoms with Crippen LogP contribution in [0.1, 0.15) is 39.5 Å². The van der Waals surface area contributed by atoms with Gasteiger partial charge in [0.25, 0.3) is 0 Å². The van der Waals surface area contributed by atoms with Gasteiger partial charge in [-0.05, 0) is 44.0 Å². The minimum atomic E-state index is -1.28. The normalized spacial score (nSPS) is 13.2. The van der Waals surface area contributed by atoms with E-state index in [1.54, 1.807) is 16.3 Å². The number of ether oxygens (including phenoxy) is 1. The first-order chi connectivity index (χ1) is 15.5. The topological polar surface area (TPSA) is 156 Å². The van der Waals surface area contributed by atoms with E-state index >= 15 is 0 Å². The van der Waals surface area contributed by atoms with Crippen LogP contribution in [0, 0.1) is 0 Å². The van der Waals surface area contributed by atoms with Crippen LogP contribution >= 0.6 is 0 Å². The third kappa shape index (κ3) is 6.27. The molecule has 1 saturated carbocycles. The number of nitrogens with zero attached hydrogens (tertiary/aromatic N) is 5. The molecule has 0 unspecified atom stereocenters. The molecular formula is C20H26N8O4. The van der Waals surface area contributed by atoms with Crippen molar-refractivity contribution in [2.24, 2.45) is 0 Å². The number of carboxylic acid groups (broad SMARTS) is 1. The van der Waals surface area contributed by atoms with E-state index in [2.05, 4.69) is 25.6 Å². The monoisotopic (exact) mass is 442 g/mol. The molecule has 12 nitrogen and oxygen atoms in total. The Balaban J connectivity index is 0.000000312. The zero-order chi connectivity index (χ0) is 22.9. The molecule has 0 saturated heterocycles. The fourth-order valence-corrected chi connectivity index (χ4v) is 3.22. The number of hydrogen-bond donors (Lipinski definition) is 4. The number of anilines is 1. The molecular weight excluding hydrogens is 416 g/mol. The first-order valence-electron chi connectivity index (χ1n) is 10.3. The molecule has 4 rings (SSSR count). The van der Waals surface area contributed by atoms with Crippen molar-refractivity contribution in [3.63, 3.8) is 0 Å². The molecule has 0 spiro atoms. The van der Waals surface area contributed by atoms with E-state index in [0.29, 0.717) is 29.8 Å². The number of rotatable bonds is 5. The standard InChI is InChI=1S/C17H20N6O.C3H6N2O3/c1-2-24-14-9-7-13(8-10-14)23-16-15(21-22-23)11-18-17(20-16)19-12-5-3-4-6-12;1-2(6)4-5-3(7)8/h7-12H,2-6H2,1H3,(H,18,19,20);5H,1H3,(H,4,6)(H,7,8). The first kappa shape index (κ1) is 22.7. The van der Waals surface area contributed by atoms with Crippen LogP contribution in [0.2, 0.25) is 0 Å². The summed E-state index contributed by atoms with van der Waals surface area (Å²) in [7, 11) is 0. The van der Waals surface area contributed by atoms with Gasteiger partial charge in [-0.1, -0.05) is 18.1 Å². The molecule has 12 heteroatoms. The molecule has 0 radical (unpaired) electrons. The Hall–Kier alpha value is -3.96. The molecule has 1 aliphatic carbocycles. The molecule has 1 aromatic carbocycles. The Kier molecular flexibility index (Phi) is 7.73. The number of hydrazine groups is 1. The molecule has 0 atom stereocenters. The average Bonchev–Trinajstić information content (AvgIpc) is 3.43. The van der Waals surface area contributed by atoms with Crippen LogP contribution in [0.15, 0.2) is 30.5 Å². The van der Waals surface area contributed by atoms with E-state index in [1.165, 1.54) is 32.6 Å². The minimum absolute atomic E-state index is 0.438. The quantitative estimate of drug-likeness (QED) is 0.435. The van der Waals surface area contributed by atoms with Gasteiger partial charge < -0.3 is 15.2 Å². The van der Waals surface area contributed by atoms with E-state index in [1.807, 2.05) is 36.6 Å². The van der Waals surface area contributed by atoms with Crippen molar-refractivity contribution in [3.05, 3.63) is 30.5 Å². The highest BCUT2D eigenvalue weighted by atomic mass is 16.5. The second-order valence-corrected chi connectivity index (χ2v) is 7.07. The number of fused-ring (bicyclic) bond motifs is 1. The molecule has 3 aromatic rings. The Bertz CT molecular complexity index is 1030. The van der Waals surface area contributed by atoms with E-state index in [9.17, 15) is 9.59 Å². The highest BCUT2D eigenvalue weighted by Gasteiger charge is 2.17. The van der Waals surface area contributed by atoms with Gasteiger partial charge in [-0.25, -0.2) is 15.2 Å². The van der Waals surface area contributed by atoms with Gasteiger partial charge in [0.15, 0.2) is 11.2 Å². The summed E-state index contributed by atoms with van der Waals surface area (Å²) in [5.74, 6) is 1.04. The van der Waals surface area contributed by atoms with Gasteiger partial charge in [0.1, 0.15) is 5.75 Å². The molecule has 1 aliphatic rings. The van der Waals surface area contributed by atoms with Crippen LogP contribution in [0.25, 0.3) is 16.9 Å². The zero-order valence-corrected chi connectivity index (χ0v) is 17.9. The van der Waals surface area contributed by atoms with Gasteiger partial charge in [-0.15, -0.1) is 5.10 Å². The molecule has 4 N–H and O–H groups in total. The molecule has 2 heterocycles. The number of hydrogen-bond acceptors (Lipinski definition) is 8. The SMILES string of the molecule is CC(=O)NNC(=O)O.CCOc1ccc(-n2nnc3cnc(NC4CCCC4)nc32)cc1. The summed E-state index contributed by atoms with van der Waals surface area (Å²) >= 11 is 0. The summed E-state index contributed by atoms with van der Waals surface area (Å²) in [5, 5.41) is 19.6. The maximum absolute atomic E-state index is 9.91. The Labute approximate surface area is 184 Å². The second kappa shape index (κ2) is 10.9. The largest absolute Gasteiger partial charge is 0.494 e. The molecule has 2 amide bonds. The summed E-state index contributed by atoms with van der Waals surface area (Å²) in [6.45, 7) is 3.82. The van der Waals surface area contributed by atoms with Gasteiger partial charge in [0, 0.05) is 13.0 Å². The molecule has 2 aromatic heterocycles. The van der Waals surface area contributed by atoms with Crippen molar-refractivity contribution < 1.29 is 19.4 Å². The lowest BCUT2D eigenvalue weighted by Crippen LogP contribution is -2.39. The number of amides is 2. The fourth-order valence-electron chi connectivity index (χ4n) is 3.22. The zero-order valence-electron chi connectivity index (χ0n) is 17.9. The Morgan fingerprint density at radius 1 is 1.19 bits per heavy atom. The van der Waals surface area contributed by atoms with Crippen LogP contribution in [-0.2, 0) is 4.79 Å². The lowest BCUT2D eigenvalue weighted by Gasteiger charge is -2.11. The van der Waals surface area contributed by atoms with E-state index in [4.69, 9.17) is 9.84 Å². The number of aromatic nitrogens is 5. The van der Waals surface area contributed by atoms with Crippen LogP contribution in [-0.4, -0.2) is 54.7 Å². The van der Waals surface area contributed by atoms with Gasteiger partial charge in [-0.2, -0.15) is 9.67 Å². The predicted molar refractivity (Wildman–Crippen MR) is 116 cm³/mol. The van der Waals surface area contributed by atoms with Crippen LogP contribution in [0.5, 0.6) is 5.75 Å². The molecule has 170 valence electrons. The van der Waals surface area contributed by atoms with Crippen LogP contribution in [0.3, 0.4) is 0 Å². The number of carbonyl (C=O) groups is 2. The number of nitrogens with one attached hydrogen (secondary N) is 3. The maximum Gasteiger partial charge on any atom is 0.423 e. The molecule has 0 bridgehead atoms. The summed E-state index contributed by atoms with van der Waals surface area (Å²) < 4.78 is 7.21. The summed E-state index contributed by atoms with van der Waals surface area (Å²) in [6, 6.07) is 8.21. The van der Waals surface area contributed by atoms with Gasteiger partial charge in [0.2, 0.25) is 11.9 Å². The lowest BCUT2D eigenvalue weighted by molar-refractivity contribution is -0.119. The summed E-state index contributed by atoms with van der Waals surface area (Å²) in [6.07, 6.45) is 5.34. The Morgan fingerprint density at radius 3 is 2.50 bits per heavy atom. The van der Waals surface area contributed by atoms with E-state index < -0.39 is 12.0 Å². The van der Waals surface area contributed by atoms with E-state index in [0.717, 1.165) is 11.4 Å². The second-order valence-electron chi connectivity index (χ2n) is 7.07. The van der Waals surface area contributed by atoms with Gasteiger partial charge in [0.05, 0.1) is 18.5 Å². The predicted octanol–water partition coefficient (Wildman–Crippen LogP) is 2.27. The lowest BCUT2D eigenvalue weighted by atomic mass is 10.2. The summed E-state index contributed by atoms with van der Waals surface area (Å²) in [5.41, 5.74) is 5.80. The van der Waals surface area contributed by atoms with Crippen molar-refractivity contribution in [2.75, 3.05) is 11.9 Å². The van der Waals surface area contributed by atoms with Gasteiger partial charge in [-0.3, -0.25) is 10.2 Å². The van der Waals surface area contributed by atoms with Crippen LogP contribution < -0.4 is 20.9 Å². The third-order valence-electron chi connectivity index (χ3n) is 4.62. The maximum atomic E-state index is 9.91. The number of carbonyl (C=O) groups excluding carboxylic acids is 1. The van der Waals surface area contributed by atoms with E-state index in [-0.39, 0.29) is 0 Å². The molecule has 32 heavy (non-hydrogen) atoms. The highest BCUT2D eigenvalue weighted by Crippen LogP contribution is 2.22. The average molecular weight is 442 g/mol. The Morgan fingerprint density at radius 2 is 1.91 bits per heavy atom. The van der Waals surface area contributed by atoms with Gasteiger partial charge >= 0.3 is 6.09 Å². The summed E-state index contributed by atoms with van der Waals surface area (Å²) in [4.78, 5) is 28.5. The van der Waals surface area contributed by atoms with Crippen molar-refractivity contribution in [2.45, 2.75) is 45.6 Å². The highest BCUT2D eigenvalue weighted by molar-refractivity contribution is 5.76. The van der Waals surface area contributed by atoms with Crippen molar-refractivity contribution in [3.8, 4) is 11.4 Å². The molecule has 1 fully saturated rings. The number of benzene rings is 1. The first-order valence-corrected chi connectivity index (χ1v) is 10.3. The fraction of sp³-hybridized carbons (Fsp3) is 0.400. The van der Waals surface area contributed by atoms with Crippen molar-refractivity contribution >= 4 is 29.1 Å². The molecule has 0 aliphatic heterocycles. The van der Waals surface area contributed by atoms with Crippen LogP contribution in [0.4, 0.5) is 10.7 Å². The van der Waals surface area contributed by atoms with Crippen molar-refractivity contribution in [1.29, 1.82) is 0 Å².